The summed E-state index contributed by atoms with van der Waals surface area (Å²) in [7, 11) is -2.68. The number of amides is 1. The number of unbranched alkanes of at least 4 members (excludes halogenated alkanes) is 13. The molecule has 0 saturated carbocycles. The Morgan fingerprint density at radius 3 is 1.90 bits per heavy atom. The molecule has 0 bridgehead atoms. The number of amidine groups is 1. The largest absolute Gasteiger partial charge is 1.00 e. The van der Waals surface area contributed by atoms with E-state index in [-0.39, 0.29) is 79.0 Å². The average molecular weight is 646 g/mol. The number of benzene rings is 1. The molecule has 41 heavy (non-hydrogen) atoms. The molecule has 7 nitrogen and oxygen atoms in total. The van der Waals surface area contributed by atoms with Crippen molar-refractivity contribution in [3.05, 3.63) is 35.2 Å². The van der Waals surface area contributed by atoms with Crippen LogP contribution in [0, 0.1) is 0 Å². The number of alkyl halides is 3. The van der Waals surface area contributed by atoms with Crippen molar-refractivity contribution in [2.24, 2.45) is 4.99 Å². The Balaban J connectivity index is 0.00000840. The number of carbonyl (C=O) groups is 1. The Morgan fingerprint density at radius 2 is 1.44 bits per heavy atom. The van der Waals surface area contributed by atoms with Crippen molar-refractivity contribution >= 4 is 39.1 Å². The fourth-order valence-corrected chi connectivity index (χ4v) is 6.00. The molecule has 0 atom stereocenters. The zero-order chi connectivity index (χ0) is 29.8. The summed E-state index contributed by atoms with van der Waals surface area (Å²) in [6, 6.07) is 3.16. The molecule has 1 heterocycles. The summed E-state index contributed by atoms with van der Waals surface area (Å²) < 4.78 is 67.9. The van der Waals surface area contributed by atoms with Crippen LogP contribution in [0.2, 0.25) is 5.02 Å². The van der Waals surface area contributed by atoms with Crippen LogP contribution >= 0.6 is 11.6 Å². The second-order valence-electron chi connectivity index (χ2n) is 10.1. The molecule has 0 radical (unpaired) electrons. The molecule has 0 N–H and O–H groups in total. The van der Waals surface area contributed by atoms with E-state index in [0.29, 0.717) is 6.42 Å². The van der Waals surface area contributed by atoms with Crippen LogP contribution in [0.1, 0.15) is 96.8 Å². The predicted molar refractivity (Wildman–Crippen MR) is 151 cm³/mol. The van der Waals surface area contributed by atoms with Gasteiger partial charge in [-0.25, -0.2) is 17.7 Å². The van der Waals surface area contributed by atoms with Crippen molar-refractivity contribution < 1.29 is 82.9 Å². The minimum atomic E-state index is -5.08. The third kappa shape index (κ3) is 11.9. The molecule has 0 spiro atoms. The summed E-state index contributed by atoms with van der Waals surface area (Å²) in [5, 5.41) is 10.7. The topological polar surface area (TPSA) is 93.1 Å². The van der Waals surface area contributed by atoms with Gasteiger partial charge >= 0.3 is 57.6 Å². The summed E-state index contributed by atoms with van der Waals surface area (Å²) in [5.74, 6) is -3.00. The standard InChI is InChI=1S/C28H41ClF3N3O4S.K/c1-3-4-5-6-7-8-9-10-11-12-13-14-15-16-19-34(2)40(38,39)22-17-18-23(29)25(20-22)35-26(37)24(21-36)33-27(35)28(30,31)32;/h17-18,20-21,36H,3-16,19H2,1-2H3;/q;+1/p-1/b24-21+;. The number of halogens is 4. The van der Waals surface area contributed by atoms with E-state index in [9.17, 15) is 31.5 Å². The van der Waals surface area contributed by atoms with E-state index in [1.54, 1.807) is 0 Å². The molecule has 0 fully saturated rings. The van der Waals surface area contributed by atoms with Gasteiger partial charge in [0.2, 0.25) is 15.9 Å². The number of hydrogen-bond donors (Lipinski definition) is 0. The van der Waals surface area contributed by atoms with Gasteiger partial charge in [-0.3, -0.25) is 9.69 Å². The van der Waals surface area contributed by atoms with E-state index in [0.717, 1.165) is 41.8 Å². The zero-order valence-electron chi connectivity index (χ0n) is 24.3. The first kappa shape index (κ1) is 38.6. The maximum Gasteiger partial charge on any atom is 1.00 e. The van der Waals surface area contributed by atoms with Gasteiger partial charge in [0, 0.05) is 13.6 Å². The quantitative estimate of drug-likeness (QED) is 0.105. The SMILES string of the molecule is CCCCCCCCCCCCCCCCN(C)S(=O)(=O)c1ccc(Cl)c(N2C(=O)/C(=C\[O-])N=C2C(F)(F)F)c1.[K+]. The second kappa shape index (κ2) is 19.0. The van der Waals surface area contributed by atoms with Crippen molar-refractivity contribution in [3.63, 3.8) is 0 Å². The third-order valence-electron chi connectivity index (χ3n) is 6.92. The van der Waals surface area contributed by atoms with Gasteiger partial charge in [0.15, 0.2) is 0 Å². The van der Waals surface area contributed by atoms with E-state index < -0.39 is 39.3 Å². The molecule has 226 valence electrons. The van der Waals surface area contributed by atoms with E-state index in [1.807, 2.05) is 0 Å². The van der Waals surface area contributed by atoms with Gasteiger partial charge in [-0.05, 0) is 24.6 Å². The maximum atomic E-state index is 13.5. The van der Waals surface area contributed by atoms with Crippen LogP contribution in [-0.4, -0.2) is 44.2 Å². The summed E-state index contributed by atoms with van der Waals surface area (Å²) in [6.45, 7) is 2.46. The molecule has 1 aromatic rings. The van der Waals surface area contributed by atoms with Crippen LogP contribution in [0.3, 0.4) is 0 Å². The van der Waals surface area contributed by atoms with Gasteiger partial charge in [-0.2, -0.15) is 13.2 Å². The summed E-state index contributed by atoms with van der Waals surface area (Å²) in [4.78, 5) is 15.3. The number of sulfonamides is 1. The summed E-state index contributed by atoms with van der Waals surface area (Å²) >= 11 is 6.06. The van der Waals surface area contributed by atoms with Crippen molar-refractivity contribution in [1.82, 2.24) is 4.31 Å². The van der Waals surface area contributed by atoms with Crippen LogP contribution in [0.4, 0.5) is 18.9 Å². The van der Waals surface area contributed by atoms with Crippen LogP contribution < -0.4 is 61.4 Å². The van der Waals surface area contributed by atoms with Crippen LogP contribution in [-0.2, 0) is 14.8 Å². The first-order chi connectivity index (χ1) is 18.9. The van der Waals surface area contributed by atoms with Gasteiger partial charge in [-0.15, -0.1) is 6.26 Å². The van der Waals surface area contributed by atoms with Crippen molar-refractivity contribution in [2.45, 2.75) is 108 Å². The van der Waals surface area contributed by atoms with Gasteiger partial charge in [0.1, 0.15) is 5.70 Å². The molecular formula is C28H40ClF3KN3O4S. The number of aliphatic imine (C=N–C) groups is 1. The monoisotopic (exact) mass is 645 g/mol. The number of carbonyl (C=O) groups excluding carboxylic acids is 1. The molecule has 0 aliphatic carbocycles. The van der Waals surface area contributed by atoms with Crippen molar-refractivity contribution in [3.8, 4) is 0 Å². The maximum absolute atomic E-state index is 13.5. The predicted octanol–water partition coefficient (Wildman–Crippen LogP) is 3.95. The number of nitrogens with zero attached hydrogens (tertiary/aromatic N) is 3. The molecule has 1 aliphatic rings. The van der Waals surface area contributed by atoms with E-state index >= 15 is 0 Å². The van der Waals surface area contributed by atoms with Crippen LogP contribution in [0.5, 0.6) is 0 Å². The van der Waals surface area contributed by atoms with E-state index in [1.165, 1.54) is 71.3 Å². The number of hydrogen-bond acceptors (Lipinski definition) is 5. The Morgan fingerprint density at radius 1 is 0.951 bits per heavy atom. The molecule has 1 amide bonds. The summed E-state index contributed by atoms with van der Waals surface area (Å²) in [5.41, 5.74) is -1.47. The van der Waals surface area contributed by atoms with Crippen LogP contribution in [0.15, 0.2) is 40.0 Å². The second-order valence-corrected chi connectivity index (χ2v) is 12.6. The van der Waals surface area contributed by atoms with Gasteiger partial charge < -0.3 is 5.11 Å². The molecular weight excluding hydrogens is 606 g/mol. The Hall–Kier alpha value is -0.474. The molecule has 2 rings (SSSR count). The van der Waals surface area contributed by atoms with Crippen molar-refractivity contribution in [2.75, 3.05) is 18.5 Å². The number of rotatable bonds is 18. The summed E-state index contributed by atoms with van der Waals surface area (Å²) in [6.07, 6.45) is 11.3. The van der Waals surface area contributed by atoms with E-state index in [2.05, 4.69) is 11.9 Å². The molecule has 0 saturated heterocycles. The van der Waals surface area contributed by atoms with E-state index in [4.69, 9.17) is 11.6 Å². The number of anilines is 1. The van der Waals surface area contributed by atoms with Crippen LogP contribution in [0.25, 0.3) is 0 Å². The average Bonchev–Trinajstić information content (AvgIpc) is 3.25. The molecule has 1 aromatic carbocycles. The molecule has 13 heteroatoms. The van der Waals surface area contributed by atoms with Crippen molar-refractivity contribution in [1.29, 1.82) is 0 Å². The third-order valence-corrected chi connectivity index (χ3v) is 9.09. The van der Waals surface area contributed by atoms with Gasteiger partial charge in [-0.1, -0.05) is 102 Å². The Labute approximate surface area is 290 Å². The smallest absolute Gasteiger partial charge is 0.876 e. The Bertz CT molecular complexity index is 1150. The van der Waals surface area contributed by atoms with Gasteiger partial charge in [0.05, 0.1) is 15.6 Å². The zero-order valence-corrected chi connectivity index (χ0v) is 29.0. The Kier molecular flexibility index (Phi) is 17.9. The van der Waals surface area contributed by atoms with Gasteiger partial charge in [0.25, 0.3) is 5.91 Å². The fraction of sp³-hybridized carbons (Fsp3) is 0.643. The minimum Gasteiger partial charge on any atom is -0.876 e. The molecule has 0 unspecified atom stereocenters. The first-order valence-corrected chi connectivity index (χ1v) is 15.8. The molecule has 1 aliphatic heterocycles. The minimum absolute atomic E-state index is 0. The first-order valence-electron chi connectivity index (χ1n) is 14.0. The fourth-order valence-electron chi connectivity index (χ4n) is 4.57. The normalized spacial score (nSPS) is 15.1. The molecule has 0 aromatic heterocycles.